The quantitative estimate of drug-likeness (QED) is 0.793. The molecule has 0 fully saturated rings. The largest absolute Gasteiger partial charge is 0.343 e. The zero-order chi connectivity index (χ0) is 17.1. The summed E-state index contributed by atoms with van der Waals surface area (Å²) in [6, 6.07) is 15.6. The first-order valence-corrected chi connectivity index (χ1v) is 8.57. The standard InChI is InChI=1S/C20H19N3O2/c24-20(17-11-10-14-6-4-5-9-16(14)12-17)21-13-18-22-19(23-25-18)15-7-2-1-3-8-15/h1-3,7-8,10-12H,4-6,9,13H2,(H,21,24). The second kappa shape index (κ2) is 6.89. The fraction of sp³-hybridized carbons (Fsp3) is 0.250. The van der Waals surface area contributed by atoms with Gasteiger partial charge >= 0.3 is 0 Å². The summed E-state index contributed by atoms with van der Waals surface area (Å²) in [6.45, 7) is 0.218. The molecule has 0 unspecified atom stereocenters. The highest BCUT2D eigenvalue weighted by molar-refractivity contribution is 5.94. The van der Waals surface area contributed by atoms with Gasteiger partial charge in [-0.15, -0.1) is 0 Å². The van der Waals surface area contributed by atoms with Crippen LogP contribution in [0.5, 0.6) is 0 Å². The van der Waals surface area contributed by atoms with Crippen molar-refractivity contribution in [3.8, 4) is 11.4 Å². The molecule has 1 heterocycles. The number of aryl methyl sites for hydroxylation is 2. The van der Waals surface area contributed by atoms with Crippen LogP contribution < -0.4 is 5.32 Å². The number of nitrogens with one attached hydrogen (secondary N) is 1. The van der Waals surface area contributed by atoms with E-state index in [1.54, 1.807) is 0 Å². The molecule has 1 aromatic heterocycles. The molecule has 3 aromatic rings. The fourth-order valence-electron chi connectivity index (χ4n) is 3.16. The number of hydrogen-bond acceptors (Lipinski definition) is 4. The van der Waals surface area contributed by atoms with Crippen molar-refractivity contribution >= 4 is 5.91 Å². The summed E-state index contributed by atoms with van der Waals surface area (Å²) in [6.07, 6.45) is 4.60. The Morgan fingerprint density at radius 3 is 2.68 bits per heavy atom. The molecule has 25 heavy (non-hydrogen) atoms. The van der Waals surface area contributed by atoms with Gasteiger partial charge in [-0.1, -0.05) is 41.6 Å². The van der Waals surface area contributed by atoms with Crippen molar-refractivity contribution in [1.82, 2.24) is 15.5 Å². The van der Waals surface area contributed by atoms with Gasteiger partial charge in [-0.25, -0.2) is 0 Å². The van der Waals surface area contributed by atoms with E-state index < -0.39 is 0 Å². The normalized spacial score (nSPS) is 13.3. The van der Waals surface area contributed by atoms with Crippen molar-refractivity contribution in [2.75, 3.05) is 0 Å². The Labute approximate surface area is 146 Å². The summed E-state index contributed by atoms with van der Waals surface area (Å²) in [7, 11) is 0. The van der Waals surface area contributed by atoms with E-state index in [1.165, 1.54) is 24.0 Å². The third kappa shape index (κ3) is 3.45. The number of aromatic nitrogens is 2. The molecule has 5 nitrogen and oxygen atoms in total. The minimum absolute atomic E-state index is 0.118. The lowest BCUT2D eigenvalue weighted by molar-refractivity contribution is 0.0946. The number of hydrogen-bond donors (Lipinski definition) is 1. The van der Waals surface area contributed by atoms with Gasteiger partial charge in [0.05, 0.1) is 6.54 Å². The van der Waals surface area contributed by atoms with E-state index in [0.29, 0.717) is 17.3 Å². The molecule has 1 aliphatic rings. The molecule has 0 bridgehead atoms. The highest BCUT2D eigenvalue weighted by Gasteiger charge is 2.14. The first-order chi connectivity index (χ1) is 12.3. The van der Waals surface area contributed by atoms with Gasteiger partial charge in [0.2, 0.25) is 11.7 Å². The van der Waals surface area contributed by atoms with Crippen molar-refractivity contribution in [3.63, 3.8) is 0 Å². The van der Waals surface area contributed by atoms with Crippen molar-refractivity contribution in [3.05, 3.63) is 71.1 Å². The maximum absolute atomic E-state index is 12.4. The summed E-state index contributed by atoms with van der Waals surface area (Å²) in [5.41, 5.74) is 4.23. The van der Waals surface area contributed by atoms with E-state index in [1.807, 2.05) is 42.5 Å². The molecule has 5 heteroatoms. The smallest absolute Gasteiger partial charge is 0.251 e. The zero-order valence-corrected chi connectivity index (χ0v) is 13.9. The lowest BCUT2D eigenvalue weighted by Crippen LogP contribution is -2.23. The molecule has 4 rings (SSSR count). The predicted octanol–water partition coefficient (Wildman–Crippen LogP) is 3.55. The summed E-state index contributed by atoms with van der Waals surface area (Å²) in [5.74, 6) is 0.802. The van der Waals surface area contributed by atoms with Crippen LogP contribution in [-0.4, -0.2) is 16.0 Å². The Hall–Kier alpha value is -2.95. The molecule has 1 N–H and O–H groups in total. The Bertz CT molecular complexity index is 887. The average Bonchev–Trinajstić information content (AvgIpc) is 3.15. The van der Waals surface area contributed by atoms with Gasteiger partial charge in [0.1, 0.15) is 0 Å². The van der Waals surface area contributed by atoms with Crippen LogP contribution in [0.25, 0.3) is 11.4 Å². The van der Waals surface area contributed by atoms with Crippen molar-refractivity contribution in [1.29, 1.82) is 0 Å². The van der Waals surface area contributed by atoms with E-state index in [2.05, 4.69) is 21.5 Å². The first kappa shape index (κ1) is 15.6. The van der Waals surface area contributed by atoms with E-state index in [9.17, 15) is 4.79 Å². The van der Waals surface area contributed by atoms with Gasteiger partial charge in [0.25, 0.3) is 5.91 Å². The average molecular weight is 333 g/mol. The molecule has 0 aliphatic heterocycles. The van der Waals surface area contributed by atoms with Gasteiger partial charge < -0.3 is 9.84 Å². The second-order valence-electron chi connectivity index (χ2n) is 6.25. The minimum atomic E-state index is -0.118. The van der Waals surface area contributed by atoms with Gasteiger partial charge in [-0.05, 0) is 48.9 Å². The summed E-state index contributed by atoms with van der Waals surface area (Å²) >= 11 is 0. The van der Waals surface area contributed by atoms with Crippen molar-refractivity contribution in [2.45, 2.75) is 32.2 Å². The number of nitrogens with zero attached hydrogens (tertiary/aromatic N) is 2. The van der Waals surface area contributed by atoms with Crippen LogP contribution in [0, 0.1) is 0 Å². The number of carbonyl (C=O) groups excluding carboxylic acids is 1. The fourth-order valence-corrected chi connectivity index (χ4v) is 3.16. The monoisotopic (exact) mass is 333 g/mol. The van der Waals surface area contributed by atoms with Crippen LogP contribution in [0.1, 0.15) is 40.2 Å². The van der Waals surface area contributed by atoms with E-state index >= 15 is 0 Å². The van der Waals surface area contributed by atoms with E-state index in [4.69, 9.17) is 4.52 Å². The molecule has 0 saturated heterocycles. The minimum Gasteiger partial charge on any atom is -0.343 e. The molecule has 0 atom stereocenters. The van der Waals surface area contributed by atoms with Crippen LogP contribution in [-0.2, 0) is 19.4 Å². The van der Waals surface area contributed by atoms with Crippen LogP contribution >= 0.6 is 0 Å². The van der Waals surface area contributed by atoms with Crippen molar-refractivity contribution < 1.29 is 9.32 Å². The lowest BCUT2D eigenvalue weighted by atomic mass is 9.90. The van der Waals surface area contributed by atoms with Crippen LogP contribution in [0.3, 0.4) is 0 Å². The van der Waals surface area contributed by atoms with Gasteiger partial charge in [-0.3, -0.25) is 4.79 Å². The maximum Gasteiger partial charge on any atom is 0.251 e. The number of benzene rings is 2. The Kier molecular flexibility index (Phi) is 4.29. The molecular weight excluding hydrogens is 314 g/mol. The molecule has 126 valence electrons. The molecule has 0 saturated carbocycles. The molecule has 1 aliphatic carbocycles. The Balaban J connectivity index is 1.41. The highest BCUT2D eigenvalue weighted by atomic mass is 16.5. The maximum atomic E-state index is 12.4. The molecule has 2 aromatic carbocycles. The second-order valence-corrected chi connectivity index (χ2v) is 6.25. The number of amides is 1. The molecule has 0 radical (unpaired) electrons. The number of rotatable bonds is 4. The topological polar surface area (TPSA) is 68.0 Å². The summed E-state index contributed by atoms with van der Waals surface area (Å²) < 4.78 is 5.22. The third-order valence-electron chi connectivity index (χ3n) is 4.51. The predicted molar refractivity (Wildman–Crippen MR) is 94.0 cm³/mol. The summed E-state index contributed by atoms with van der Waals surface area (Å²) in [5, 5.41) is 6.81. The van der Waals surface area contributed by atoms with E-state index in [-0.39, 0.29) is 12.5 Å². The lowest BCUT2D eigenvalue weighted by Gasteiger charge is -2.16. The van der Waals surface area contributed by atoms with Crippen LogP contribution in [0.4, 0.5) is 0 Å². The highest BCUT2D eigenvalue weighted by Crippen LogP contribution is 2.22. The Morgan fingerprint density at radius 2 is 1.84 bits per heavy atom. The van der Waals surface area contributed by atoms with Crippen LogP contribution in [0.2, 0.25) is 0 Å². The Morgan fingerprint density at radius 1 is 1.04 bits per heavy atom. The molecular formula is C20H19N3O2. The van der Waals surface area contributed by atoms with E-state index in [0.717, 1.165) is 18.4 Å². The first-order valence-electron chi connectivity index (χ1n) is 8.57. The summed E-state index contributed by atoms with van der Waals surface area (Å²) in [4.78, 5) is 16.7. The number of carbonyl (C=O) groups is 1. The third-order valence-corrected chi connectivity index (χ3v) is 4.51. The molecule has 1 amide bonds. The van der Waals surface area contributed by atoms with Gasteiger partial charge in [-0.2, -0.15) is 4.98 Å². The number of fused-ring (bicyclic) bond motifs is 1. The SMILES string of the molecule is O=C(NCc1nc(-c2ccccc2)no1)c1ccc2c(c1)CCCC2. The van der Waals surface area contributed by atoms with Gasteiger partial charge in [0.15, 0.2) is 0 Å². The molecule has 0 spiro atoms. The van der Waals surface area contributed by atoms with Crippen LogP contribution in [0.15, 0.2) is 53.1 Å². The van der Waals surface area contributed by atoms with Crippen molar-refractivity contribution in [2.24, 2.45) is 0 Å². The van der Waals surface area contributed by atoms with Gasteiger partial charge in [0, 0.05) is 11.1 Å². The zero-order valence-electron chi connectivity index (χ0n) is 13.9.